The van der Waals surface area contributed by atoms with Crippen LogP contribution in [-0.4, -0.2) is 66.9 Å². The third-order valence-corrected chi connectivity index (χ3v) is 5.64. The molecule has 0 N–H and O–H groups in total. The Balaban J connectivity index is 1.66. The van der Waals surface area contributed by atoms with Crippen LogP contribution in [0.4, 0.5) is 19.7 Å². The van der Waals surface area contributed by atoms with Crippen molar-refractivity contribution in [1.82, 2.24) is 9.80 Å². The van der Waals surface area contributed by atoms with Gasteiger partial charge in [0.15, 0.2) is 0 Å². The van der Waals surface area contributed by atoms with Gasteiger partial charge in [-0.25, -0.2) is 14.0 Å². The minimum Gasteiger partial charge on any atom is -0.445 e. The molecule has 0 unspecified atom stereocenters. The third kappa shape index (κ3) is 7.10. The molecule has 0 spiro atoms. The number of rotatable bonds is 6. The second-order valence-electron chi connectivity index (χ2n) is 9.48. The number of amides is 2. The number of hydrogen-bond acceptors (Lipinski definition) is 5. The molecule has 0 radical (unpaired) electrons. The van der Waals surface area contributed by atoms with Gasteiger partial charge in [-0.15, -0.1) is 0 Å². The fourth-order valence-electron chi connectivity index (χ4n) is 3.86. The second kappa shape index (κ2) is 11.2. The molecule has 34 heavy (non-hydrogen) atoms. The molecular formula is C26H34FN3O4. The second-order valence-corrected chi connectivity index (χ2v) is 9.48. The Kier molecular flexibility index (Phi) is 8.36. The highest BCUT2D eigenvalue weighted by atomic mass is 19.1. The molecule has 184 valence electrons. The SMILES string of the molecule is CN(CC[C@@H]1CN(C(=O)OCc2ccccc2)CCN1C(=O)OC(C)(C)C)c1ccccc1F. The van der Waals surface area contributed by atoms with Crippen molar-refractivity contribution in [3.05, 3.63) is 66.0 Å². The van der Waals surface area contributed by atoms with Gasteiger partial charge in [0.2, 0.25) is 0 Å². The molecule has 1 saturated heterocycles. The predicted molar refractivity (Wildman–Crippen MR) is 129 cm³/mol. The number of carbonyl (C=O) groups is 2. The molecule has 1 aliphatic heterocycles. The Morgan fingerprint density at radius 3 is 2.38 bits per heavy atom. The number of halogens is 1. The number of hydrogen-bond donors (Lipinski definition) is 0. The molecule has 0 aromatic heterocycles. The molecule has 7 nitrogen and oxygen atoms in total. The summed E-state index contributed by atoms with van der Waals surface area (Å²) >= 11 is 0. The quantitative estimate of drug-likeness (QED) is 0.599. The molecule has 1 fully saturated rings. The first kappa shape index (κ1) is 25.3. The van der Waals surface area contributed by atoms with Gasteiger partial charge >= 0.3 is 12.2 Å². The van der Waals surface area contributed by atoms with Crippen molar-refractivity contribution in [2.24, 2.45) is 0 Å². The number of para-hydroxylation sites is 1. The summed E-state index contributed by atoms with van der Waals surface area (Å²) in [5, 5.41) is 0. The van der Waals surface area contributed by atoms with Gasteiger partial charge in [0, 0.05) is 33.2 Å². The smallest absolute Gasteiger partial charge is 0.410 e. The zero-order valence-corrected chi connectivity index (χ0v) is 20.4. The molecule has 2 aromatic carbocycles. The molecular weight excluding hydrogens is 437 g/mol. The van der Waals surface area contributed by atoms with E-state index in [4.69, 9.17) is 9.47 Å². The van der Waals surface area contributed by atoms with E-state index in [1.54, 1.807) is 28.0 Å². The maximum absolute atomic E-state index is 14.2. The van der Waals surface area contributed by atoms with E-state index in [0.29, 0.717) is 38.3 Å². The average molecular weight is 472 g/mol. The van der Waals surface area contributed by atoms with Crippen LogP contribution in [0.5, 0.6) is 0 Å². The van der Waals surface area contributed by atoms with Crippen molar-refractivity contribution in [3.8, 4) is 0 Å². The number of anilines is 1. The van der Waals surface area contributed by atoms with Crippen molar-refractivity contribution >= 4 is 17.9 Å². The van der Waals surface area contributed by atoms with Gasteiger partial charge in [-0.3, -0.25) is 0 Å². The van der Waals surface area contributed by atoms with Gasteiger partial charge in [-0.05, 0) is 44.9 Å². The van der Waals surface area contributed by atoms with Crippen LogP contribution in [0.2, 0.25) is 0 Å². The van der Waals surface area contributed by atoms with Crippen molar-refractivity contribution in [2.45, 2.75) is 45.4 Å². The Morgan fingerprint density at radius 1 is 1.03 bits per heavy atom. The minimum atomic E-state index is -0.628. The molecule has 0 saturated carbocycles. The number of nitrogens with zero attached hydrogens (tertiary/aromatic N) is 3. The number of benzene rings is 2. The maximum Gasteiger partial charge on any atom is 0.410 e. The van der Waals surface area contributed by atoms with E-state index in [1.807, 2.05) is 63.1 Å². The summed E-state index contributed by atoms with van der Waals surface area (Å²) in [5.74, 6) is -0.302. The van der Waals surface area contributed by atoms with Gasteiger partial charge in [0.25, 0.3) is 0 Å². The van der Waals surface area contributed by atoms with E-state index in [9.17, 15) is 14.0 Å². The lowest BCUT2D eigenvalue weighted by Gasteiger charge is -2.41. The zero-order valence-electron chi connectivity index (χ0n) is 20.4. The summed E-state index contributed by atoms with van der Waals surface area (Å²) in [5.41, 5.74) is 0.768. The molecule has 3 rings (SSSR count). The van der Waals surface area contributed by atoms with Gasteiger partial charge < -0.3 is 24.2 Å². The van der Waals surface area contributed by atoms with Gasteiger partial charge in [-0.2, -0.15) is 0 Å². The van der Waals surface area contributed by atoms with Crippen LogP contribution in [0.25, 0.3) is 0 Å². The lowest BCUT2D eigenvalue weighted by Crippen LogP contribution is -2.58. The van der Waals surface area contributed by atoms with Crippen molar-refractivity contribution in [1.29, 1.82) is 0 Å². The summed E-state index contributed by atoms with van der Waals surface area (Å²) in [6.07, 6.45) is -0.296. The van der Waals surface area contributed by atoms with Gasteiger partial charge in [0.05, 0.1) is 11.7 Å². The number of carbonyl (C=O) groups excluding carboxylic acids is 2. The maximum atomic E-state index is 14.2. The lowest BCUT2D eigenvalue weighted by molar-refractivity contribution is -0.00405. The monoisotopic (exact) mass is 471 g/mol. The Bertz CT molecular complexity index is 964. The highest BCUT2D eigenvalue weighted by molar-refractivity contribution is 5.71. The van der Waals surface area contributed by atoms with E-state index >= 15 is 0 Å². The molecule has 2 amide bonds. The van der Waals surface area contributed by atoms with Crippen LogP contribution in [0, 0.1) is 5.82 Å². The van der Waals surface area contributed by atoms with Crippen LogP contribution in [0.1, 0.15) is 32.8 Å². The lowest BCUT2D eigenvalue weighted by atomic mass is 10.1. The fourth-order valence-corrected chi connectivity index (χ4v) is 3.86. The standard InChI is InChI=1S/C26H34FN3O4/c1-26(2,3)34-25(32)30-17-16-29(24(31)33-19-20-10-6-5-7-11-20)18-21(30)14-15-28(4)23-13-9-8-12-22(23)27/h5-13,21H,14-19H2,1-4H3/t21-/m1/s1. The molecule has 1 heterocycles. The van der Waals surface area contributed by atoms with E-state index in [2.05, 4.69) is 0 Å². The van der Waals surface area contributed by atoms with Gasteiger partial charge in [0.1, 0.15) is 18.0 Å². The van der Waals surface area contributed by atoms with Crippen LogP contribution in [0.3, 0.4) is 0 Å². The fraction of sp³-hybridized carbons (Fsp3) is 0.462. The molecule has 2 aromatic rings. The van der Waals surface area contributed by atoms with Gasteiger partial charge in [-0.1, -0.05) is 42.5 Å². The Hall–Kier alpha value is -3.29. The van der Waals surface area contributed by atoms with Crippen LogP contribution < -0.4 is 4.90 Å². The molecule has 0 aliphatic carbocycles. The summed E-state index contributed by atoms with van der Waals surface area (Å²) in [6.45, 7) is 7.16. The molecule has 1 atom stereocenters. The minimum absolute atomic E-state index is 0.187. The number of ether oxygens (including phenoxy) is 2. The van der Waals surface area contributed by atoms with E-state index in [0.717, 1.165) is 5.56 Å². The first-order valence-corrected chi connectivity index (χ1v) is 11.5. The third-order valence-electron chi connectivity index (χ3n) is 5.64. The highest BCUT2D eigenvalue weighted by Gasteiger charge is 2.35. The van der Waals surface area contributed by atoms with Crippen LogP contribution in [0.15, 0.2) is 54.6 Å². The summed E-state index contributed by atoms with van der Waals surface area (Å²) in [7, 11) is 1.81. The molecule has 1 aliphatic rings. The normalized spacial score (nSPS) is 16.2. The molecule has 8 heteroatoms. The topological polar surface area (TPSA) is 62.3 Å². The summed E-state index contributed by atoms with van der Waals surface area (Å²) in [6, 6.07) is 15.8. The number of piperazine rings is 1. The first-order chi connectivity index (χ1) is 16.1. The first-order valence-electron chi connectivity index (χ1n) is 11.5. The Morgan fingerprint density at radius 2 is 1.71 bits per heavy atom. The van der Waals surface area contributed by atoms with E-state index < -0.39 is 17.8 Å². The van der Waals surface area contributed by atoms with E-state index in [-0.39, 0.29) is 18.5 Å². The Labute approximate surface area is 201 Å². The summed E-state index contributed by atoms with van der Waals surface area (Å²) < 4.78 is 25.3. The van der Waals surface area contributed by atoms with Crippen molar-refractivity contribution in [2.75, 3.05) is 38.1 Å². The largest absolute Gasteiger partial charge is 0.445 e. The predicted octanol–water partition coefficient (Wildman–Crippen LogP) is 4.91. The van der Waals surface area contributed by atoms with Crippen molar-refractivity contribution in [3.63, 3.8) is 0 Å². The average Bonchev–Trinajstić information content (AvgIpc) is 2.80. The van der Waals surface area contributed by atoms with Crippen molar-refractivity contribution < 1.29 is 23.5 Å². The highest BCUT2D eigenvalue weighted by Crippen LogP contribution is 2.22. The molecule has 0 bridgehead atoms. The van der Waals surface area contributed by atoms with Crippen LogP contribution >= 0.6 is 0 Å². The zero-order chi connectivity index (χ0) is 24.7. The van der Waals surface area contributed by atoms with Crippen LogP contribution in [-0.2, 0) is 16.1 Å². The summed E-state index contributed by atoms with van der Waals surface area (Å²) in [4.78, 5) is 30.7. The van der Waals surface area contributed by atoms with E-state index in [1.165, 1.54) is 6.07 Å².